The Morgan fingerprint density at radius 3 is 2.40 bits per heavy atom. The van der Waals surface area contributed by atoms with E-state index in [2.05, 4.69) is 20.2 Å². The number of hydrogen-bond donors (Lipinski definition) is 2. The van der Waals surface area contributed by atoms with Crippen molar-refractivity contribution < 1.29 is 14.6 Å². The Hall–Kier alpha value is -3.45. The second-order valence-electron chi connectivity index (χ2n) is 7.23. The molecule has 1 saturated heterocycles. The molecule has 3 heterocycles. The number of ether oxygens (including phenoxy) is 1. The SMILES string of the molecule is COc1ccc(C(=O)Nc2cc(-c3ccnc(N4CCC(O)CC4)c3)ccn2)cc1. The first-order valence-corrected chi connectivity index (χ1v) is 9.93. The lowest BCUT2D eigenvalue weighted by molar-refractivity contribution is 0.102. The van der Waals surface area contributed by atoms with Crippen LogP contribution in [0, 0.1) is 0 Å². The minimum atomic E-state index is -0.232. The van der Waals surface area contributed by atoms with Gasteiger partial charge in [0.2, 0.25) is 0 Å². The number of carbonyl (C=O) groups is 1. The molecule has 7 nitrogen and oxygen atoms in total. The summed E-state index contributed by atoms with van der Waals surface area (Å²) >= 11 is 0. The Balaban J connectivity index is 1.50. The fourth-order valence-corrected chi connectivity index (χ4v) is 3.48. The summed E-state index contributed by atoms with van der Waals surface area (Å²) in [6.07, 6.45) is 4.74. The molecular weight excluding hydrogens is 380 g/mol. The summed E-state index contributed by atoms with van der Waals surface area (Å²) in [6.45, 7) is 1.58. The fraction of sp³-hybridized carbons (Fsp3) is 0.261. The number of amides is 1. The van der Waals surface area contributed by atoms with Crippen molar-refractivity contribution >= 4 is 17.5 Å². The van der Waals surface area contributed by atoms with Gasteiger partial charge in [-0.05, 0) is 72.5 Å². The van der Waals surface area contributed by atoms with E-state index in [0.29, 0.717) is 17.1 Å². The lowest BCUT2D eigenvalue weighted by Crippen LogP contribution is -2.36. The van der Waals surface area contributed by atoms with Crippen molar-refractivity contribution in [3.63, 3.8) is 0 Å². The topological polar surface area (TPSA) is 87.6 Å². The summed E-state index contributed by atoms with van der Waals surface area (Å²) in [6, 6.07) is 14.6. The van der Waals surface area contributed by atoms with Gasteiger partial charge in [0.05, 0.1) is 13.2 Å². The molecule has 4 rings (SSSR count). The highest BCUT2D eigenvalue weighted by Crippen LogP contribution is 2.26. The number of carbonyl (C=O) groups excluding carboxylic acids is 1. The number of hydrogen-bond acceptors (Lipinski definition) is 6. The van der Waals surface area contributed by atoms with Crippen LogP contribution in [0.25, 0.3) is 11.1 Å². The third-order valence-electron chi connectivity index (χ3n) is 5.22. The van der Waals surface area contributed by atoms with Crippen molar-refractivity contribution in [1.29, 1.82) is 0 Å². The zero-order valence-electron chi connectivity index (χ0n) is 16.8. The van der Waals surface area contributed by atoms with Crippen LogP contribution in [0.5, 0.6) is 5.75 Å². The van der Waals surface area contributed by atoms with Gasteiger partial charge >= 0.3 is 0 Å². The zero-order chi connectivity index (χ0) is 20.9. The van der Waals surface area contributed by atoms with Crippen LogP contribution in [0.2, 0.25) is 0 Å². The molecule has 0 atom stereocenters. The largest absolute Gasteiger partial charge is 0.497 e. The maximum Gasteiger partial charge on any atom is 0.256 e. The van der Waals surface area contributed by atoms with Crippen molar-refractivity contribution in [2.75, 3.05) is 30.4 Å². The van der Waals surface area contributed by atoms with Crippen molar-refractivity contribution in [2.45, 2.75) is 18.9 Å². The smallest absolute Gasteiger partial charge is 0.256 e. The van der Waals surface area contributed by atoms with Crippen molar-refractivity contribution in [3.8, 4) is 16.9 Å². The lowest BCUT2D eigenvalue weighted by Gasteiger charge is -2.30. The molecule has 1 aliphatic rings. The van der Waals surface area contributed by atoms with Gasteiger partial charge in [0, 0.05) is 31.0 Å². The molecule has 0 unspecified atom stereocenters. The van der Waals surface area contributed by atoms with Gasteiger partial charge in [-0.25, -0.2) is 9.97 Å². The minimum absolute atomic E-state index is 0.221. The number of rotatable bonds is 5. The summed E-state index contributed by atoms with van der Waals surface area (Å²) in [5.41, 5.74) is 2.46. The van der Waals surface area contributed by atoms with Crippen LogP contribution in [0.1, 0.15) is 23.2 Å². The number of anilines is 2. The molecule has 0 spiro atoms. The van der Waals surface area contributed by atoms with Gasteiger partial charge in [0.15, 0.2) is 0 Å². The molecule has 30 heavy (non-hydrogen) atoms. The maximum atomic E-state index is 12.5. The summed E-state index contributed by atoms with van der Waals surface area (Å²) in [7, 11) is 1.59. The third-order valence-corrected chi connectivity index (χ3v) is 5.22. The monoisotopic (exact) mass is 404 g/mol. The van der Waals surface area contributed by atoms with E-state index >= 15 is 0 Å². The molecule has 2 N–H and O–H groups in total. The molecule has 0 radical (unpaired) electrons. The van der Waals surface area contributed by atoms with Crippen LogP contribution >= 0.6 is 0 Å². The molecule has 0 bridgehead atoms. The molecule has 2 aromatic heterocycles. The van der Waals surface area contributed by atoms with Crippen molar-refractivity contribution in [1.82, 2.24) is 9.97 Å². The van der Waals surface area contributed by atoms with Crippen LogP contribution in [-0.2, 0) is 0 Å². The van der Waals surface area contributed by atoms with Gasteiger partial charge in [0.1, 0.15) is 17.4 Å². The van der Waals surface area contributed by atoms with E-state index in [1.54, 1.807) is 43.8 Å². The van der Waals surface area contributed by atoms with E-state index in [1.807, 2.05) is 24.3 Å². The van der Waals surface area contributed by atoms with Crippen molar-refractivity contribution in [3.05, 3.63) is 66.5 Å². The standard InChI is InChI=1S/C23H24N4O3/c1-30-20-4-2-16(3-5-20)23(29)26-21-14-17(6-10-24-21)18-7-11-25-22(15-18)27-12-8-19(28)9-13-27/h2-7,10-11,14-15,19,28H,8-9,12-13H2,1H3,(H,24,26,29). The van der Waals surface area contributed by atoms with E-state index in [1.165, 1.54) is 0 Å². The molecule has 7 heteroatoms. The number of aliphatic hydroxyl groups excluding tert-OH is 1. The minimum Gasteiger partial charge on any atom is -0.497 e. The fourth-order valence-electron chi connectivity index (χ4n) is 3.48. The summed E-state index contributed by atoms with van der Waals surface area (Å²) in [4.78, 5) is 23.5. The Kier molecular flexibility index (Phi) is 5.90. The average Bonchev–Trinajstić information content (AvgIpc) is 2.80. The normalized spacial score (nSPS) is 14.4. The van der Waals surface area contributed by atoms with Gasteiger partial charge in [-0.1, -0.05) is 0 Å². The van der Waals surface area contributed by atoms with Crippen LogP contribution in [0.15, 0.2) is 60.9 Å². The summed E-state index contributed by atoms with van der Waals surface area (Å²) in [5.74, 6) is 1.83. The Morgan fingerprint density at radius 1 is 1.03 bits per heavy atom. The zero-order valence-corrected chi connectivity index (χ0v) is 16.8. The van der Waals surface area contributed by atoms with Gasteiger partial charge in [0.25, 0.3) is 5.91 Å². The summed E-state index contributed by atoms with van der Waals surface area (Å²) < 4.78 is 5.13. The Labute approximate surface area is 175 Å². The van der Waals surface area contributed by atoms with Gasteiger partial charge in [-0.2, -0.15) is 0 Å². The van der Waals surface area contributed by atoms with Crippen molar-refractivity contribution in [2.24, 2.45) is 0 Å². The van der Waals surface area contributed by atoms with E-state index < -0.39 is 0 Å². The van der Waals surface area contributed by atoms with E-state index in [-0.39, 0.29) is 12.0 Å². The number of aromatic nitrogens is 2. The molecule has 0 aliphatic carbocycles. The molecule has 1 aliphatic heterocycles. The lowest BCUT2D eigenvalue weighted by atomic mass is 10.1. The van der Waals surface area contributed by atoms with Crippen LogP contribution < -0.4 is 15.0 Å². The average molecular weight is 404 g/mol. The number of pyridine rings is 2. The highest BCUT2D eigenvalue weighted by atomic mass is 16.5. The predicted molar refractivity (Wildman–Crippen MR) is 116 cm³/mol. The molecule has 3 aromatic rings. The highest BCUT2D eigenvalue weighted by molar-refractivity contribution is 6.04. The van der Waals surface area contributed by atoms with Crippen LogP contribution in [-0.4, -0.2) is 47.3 Å². The molecule has 154 valence electrons. The highest BCUT2D eigenvalue weighted by Gasteiger charge is 2.18. The summed E-state index contributed by atoms with van der Waals surface area (Å²) in [5, 5.41) is 12.6. The molecule has 1 aromatic carbocycles. The van der Waals surface area contributed by atoms with Crippen LogP contribution in [0.3, 0.4) is 0 Å². The Bertz CT molecular complexity index is 1010. The van der Waals surface area contributed by atoms with E-state index in [9.17, 15) is 9.90 Å². The first kappa shape index (κ1) is 19.8. The first-order chi connectivity index (χ1) is 14.6. The van der Waals surface area contributed by atoms with Crippen LogP contribution in [0.4, 0.5) is 11.6 Å². The number of aliphatic hydroxyl groups is 1. The number of piperidine rings is 1. The van der Waals surface area contributed by atoms with Gasteiger partial charge < -0.3 is 20.1 Å². The molecule has 1 fully saturated rings. The van der Waals surface area contributed by atoms with Gasteiger partial charge in [-0.3, -0.25) is 4.79 Å². The maximum absolute atomic E-state index is 12.5. The quantitative estimate of drug-likeness (QED) is 0.678. The second-order valence-corrected chi connectivity index (χ2v) is 7.23. The second kappa shape index (κ2) is 8.92. The van der Waals surface area contributed by atoms with E-state index in [0.717, 1.165) is 42.9 Å². The Morgan fingerprint density at radius 2 is 1.70 bits per heavy atom. The number of nitrogens with one attached hydrogen (secondary N) is 1. The predicted octanol–water partition coefficient (Wildman–Crippen LogP) is 3.37. The first-order valence-electron chi connectivity index (χ1n) is 9.93. The van der Waals surface area contributed by atoms with Gasteiger partial charge in [-0.15, -0.1) is 0 Å². The molecule has 0 saturated carbocycles. The molecular formula is C23H24N4O3. The molecule has 1 amide bonds. The number of benzene rings is 1. The third kappa shape index (κ3) is 4.58. The van der Waals surface area contributed by atoms with E-state index in [4.69, 9.17) is 4.74 Å². The number of nitrogens with zero attached hydrogens (tertiary/aromatic N) is 3. The number of methoxy groups -OCH3 is 1.